The highest BCUT2D eigenvalue weighted by molar-refractivity contribution is 9.10. The predicted molar refractivity (Wildman–Crippen MR) is 84.0 cm³/mol. The van der Waals surface area contributed by atoms with Crippen molar-refractivity contribution in [2.75, 3.05) is 6.61 Å². The molecule has 0 aliphatic carbocycles. The fourth-order valence-electron chi connectivity index (χ4n) is 1.58. The van der Waals surface area contributed by atoms with Crippen molar-refractivity contribution in [3.05, 3.63) is 40.9 Å². The van der Waals surface area contributed by atoms with E-state index in [1.54, 1.807) is 0 Å². The van der Waals surface area contributed by atoms with Crippen LogP contribution in [0.3, 0.4) is 0 Å². The van der Waals surface area contributed by atoms with Gasteiger partial charge in [0.25, 0.3) is 0 Å². The fourth-order valence-corrected chi connectivity index (χ4v) is 4.10. The molecule has 0 bridgehead atoms. The van der Waals surface area contributed by atoms with Crippen LogP contribution in [0.15, 0.2) is 40.9 Å². The Kier molecular flexibility index (Phi) is 4.68. The summed E-state index contributed by atoms with van der Waals surface area (Å²) in [5.41, 5.74) is 0. The molecule has 18 heavy (non-hydrogen) atoms. The van der Waals surface area contributed by atoms with Crippen molar-refractivity contribution in [3.63, 3.8) is 0 Å². The molecule has 2 rings (SSSR count). The van der Waals surface area contributed by atoms with E-state index in [2.05, 4.69) is 15.9 Å². The van der Waals surface area contributed by atoms with E-state index in [4.69, 9.17) is 32.1 Å². The maximum atomic E-state index is 6.05. The molecular formula is C12H11BrClO2PS. The van der Waals surface area contributed by atoms with Gasteiger partial charge in [-0.05, 0) is 62.7 Å². The van der Waals surface area contributed by atoms with Crippen LogP contribution in [0.1, 0.15) is 6.92 Å². The van der Waals surface area contributed by atoms with Crippen molar-refractivity contribution in [1.82, 2.24) is 0 Å². The van der Waals surface area contributed by atoms with Crippen LogP contribution in [0, 0.1) is 0 Å². The third-order valence-corrected chi connectivity index (χ3v) is 5.16. The second-order valence-corrected chi connectivity index (χ2v) is 9.01. The van der Waals surface area contributed by atoms with Crippen molar-refractivity contribution in [2.24, 2.45) is 0 Å². The van der Waals surface area contributed by atoms with Crippen LogP contribution in [0.2, 0.25) is 0 Å². The summed E-state index contributed by atoms with van der Waals surface area (Å²) in [5.74, 6) is -2.13. The van der Waals surface area contributed by atoms with E-state index >= 15 is 0 Å². The van der Waals surface area contributed by atoms with E-state index in [1.165, 1.54) is 0 Å². The molecule has 2 aromatic rings. The molecule has 6 heteroatoms. The van der Waals surface area contributed by atoms with Gasteiger partial charge in [0, 0.05) is 0 Å². The highest BCUT2D eigenvalue weighted by Gasteiger charge is 2.18. The molecule has 0 spiro atoms. The molecule has 2 aromatic carbocycles. The van der Waals surface area contributed by atoms with Gasteiger partial charge in [-0.25, -0.2) is 0 Å². The summed E-state index contributed by atoms with van der Waals surface area (Å²) >= 11 is 14.7. The summed E-state index contributed by atoms with van der Waals surface area (Å²) < 4.78 is 11.7. The Morgan fingerprint density at radius 3 is 2.72 bits per heavy atom. The van der Waals surface area contributed by atoms with Gasteiger partial charge in [-0.15, -0.1) is 0 Å². The maximum Gasteiger partial charge on any atom is 0.332 e. The van der Waals surface area contributed by atoms with Crippen molar-refractivity contribution in [2.45, 2.75) is 6.92 Å². The summed E-state index contributed by atoms with van der Waals surface area (Å²) in [5, 5.41) is 2.18. The average Bonchev–Trinajstić information content (AvgIpc) is 2.33. The van der Waals surface area contributed by atoms with E-state index in [9.17, 15) is 0 Å². The number of benzene rings is 2. The van der Waals surface area contributed by atoms with Gasteiger partial charge in [-0.2, -0.15) is 0 Å². The van der Waals surface area contributed by atoms with Crippen LogP contribution >= 0.6 is 33.0 Å². The first kappa shape index (κ1) is 14.3. The molecule has 0 radical (unpaired) electrons. The predicted octanol–water partition coefficient (Wildman–Crippen LogP) is 5.48. The minimum absolute atomic E-state index is 0.436. The van der Waals surface area contributed by atoms with Gasteiger partial charge in [0.15, 0.2) is 0 Å². The summed E-state index contributed by atoms with van der Waals surface area (Å²) in [6, 6.07) is 11.8. The van der Waals surface area contributed by atoms with Crippen molar-refractivity contribution in [3.8, 4) is 5.75 Å². The molecular weight excluding hydrogens is 355 g/mol. The highest BCUT2D eigenvalue weighted by atomic mass is 79.9. The summed E-state index contributed by atoms with van der Waals surface area (Å²) in [4.78, 5) is 0. The molecule has 1 unspecified atom stereocenters. The van der Waals surface area contributed by atoms with Crippen molar-refractivity contribution >= 4 is 55.6 Å². The van der Waals surface area contributed by atoms with Crippen LogP contribution in [0.5, 0.6) is 5.75 Å². The first-order valence-electron chi connectivity index (χ1n) is 5.34. The Balaban J connectivity index is 2.41. The lowest BCUT2D eigenvalue weighted by Crippen LogP contribution is -1.93. The summed E-state index contributed by atoms with van der Waals surface area (Å²) in [7, 11) is 0. The minimum atomic E-state index is -2.74. The molecule has 0 fully saturated rings. The SMILES string of the molecule is CCOP(=S)(Cl)Oc1ccc2ccccc2c1Br. The topological polar surface area (TPSA) is 18.5 Å². The van der Waals surface area contributed by atoms with Crippen LogP contribution in [0.4, 0.5) is 0 Å². The molecule has 0 heterocycles. The minimum Gasteiger partial charge on any atom is -0.432 e. The Labute approximate surface area is 124 Å². The molecule has 1 atom stereocenters. The van der Waals surface area contributed by atoms with Gasteiger partial charge < -0.3 is 9.05 Å². The average molecular weight is 366 g/mol. The number of hydrogen-bond donors (Lipinski definition) is 0. The molecule has 96 valence electrons. The van der Waals surface area contributed by atoms with Crippen LogP contribution in [-0.2, 0) is 16.3 Å². The summed E-state index contributed by atoms with van der Waals surface area (Å²) in [6.07, 6.45) is 0. The molecule has 0 aromatic heterocycles. The summed E-state index contributed by atoms with van der Waals surface area (Å²) in [6.45, 7) is 2.27. The largest absolute Gasteiger partial charge is 0.432 e. The second-order valence-electron chi connectivity index (χ2n) is 3.54. The van der Waals surface area contributed by atoms with E-state index in [0.29, 0.717) is 12.4 Å². The molecule has 0 aliphatic rings. The van der Waals surface area contributed by atoms with E-state index < -0.39 is 5.84 Å². The van der Waals surface area contributed by atoms with Crippen LogP contribution in [0.25, 0.3) is 10.8 Å². The molecule has 0 aliphatic heterocycles. The van der Waals surface area contributed by atoms with Gasteiger partial charge in [-0.1, -0.05) is 30.3 Å². The Morgan fingerprint density at radius 1 is 1.28 bits per heavy atom. The zero-order valence-electron chi connectivity index (χ0n) is 9.60. The van der Waals surface area contributed by atoms with Gasteiger partial charge in [-0.3, -0.25) is 0 Å². The zero-order valence-corrected chi connectivity index (χ0v) is 13.7. The van der Waals surface area contributed by atoms with Crippen LogP contribution < -0.4 is 4.52 Å². The monoisotopic (exact) mass is 364 g/mol. The smallest absolute Gasteiger partial charge is 0.332 e. The Hall–Kier alpha value is -0.120. The number of rotatable bonds is 4. The standard InChI is InChI=1S/C12H11BrClO2PS/c1-2-15-17(14,18)16-11-8-7-9-5-3-4-6-10(9)12(11)13/h3-8H,2H2,1H3. The third kappa shape index (κ3) is 3.25. The van der Waals surface area contributed by atoms with Crippen molar-refractivity contribution < 1.29 is 9.05 Å². The Morgan fingerprint density at radius 2 is 2.00 bits per heavy atom. The van der Waals surface area contributed by atoms with E-state index in [0.717, 1.165) is 15.2 Å². The first-order valence-corrected chi connectivity index (χ1v) is 9.68. The molecule has 0 saturated carbocycles. The lowest BCUT2D eigenvalue weighted by Gasteiger charge is -2.17. The fraction of sp³-hybridized carbons (Fsp3) is 0.167. The lowest BCUT2D eigenvalue weighted by atomic mass is 10.1. The first-order chi connectivity index (χ1) is 8.53. The van der Waals surface area contributed by atoms with Gasteiger partial charge >= 0.3 is 5.84 Å². The number of halogens is 2. The molecule has 2 nitrogen and oxygen atoms in total. The van der Waals surface area contributed by atoms with E-state index in [-0.39, 0.29) is 0 Å². The number of hydrogen-bond acceptors (Lipinski definition) is 3. The second kappa shape index (κ2) is 5.89. The quantitative estimate of drug-likeness (QED) is 0.668. The van der Waals surface area contributed by atoms with Gasteiger partial charge in [0.2, 0.25) is 0 Å². The van der Waals surface area contributed by atoms with Crippen LogP contribution in [-0.4, -0.2) is 6.61 Å². The normalized spacial score (nSPS) is 14.4. The third-order valence-electron chi connectivity index (χ3n) is 2.32. The highest BCUT2D eigenvalue weighted by Crippen LogP contribution is 2.55. The van der Waals surface area contributed by atoms with Crippen molar-refractivity contribution in [1.29, 1.82) is 0 Å². The Bertz CT molecular complexity index is 620. The number of fused-ring (bicyclic) bond motifs is 1. The van der Waals surface area contributed by atoms with Gasteiger partial charge in [0.05, 0.1) is 11.1 Å². The molecule has 0 saturated heterocycles. The molecule has 0 amide bonds. The van der Waals surface area contributed by atoms with Gasteiger partial charge in [0.1, 0.15) is 5.75 Å². The van der Waals surface area contributed by atoms with E-state index in [1.807, 2.05) is 43.3 Å². The lowest BCUT2D eigenvalue weighted by molar-refractivity contribution is 0.343. The maximum absolute atomic E-state index is 6.05. The zero-order chi connectivity index (χ0) is 13.2. The molecule has 0 N–H and O–H groups in total.